The van der Waals surface area contributed by atoms with Gasteiger partial charge in [0.15, 0.2) is 0 Å². The van der Waals surface area contributed by atoms with Crippen LogP contribution in [0.25, 0.3) is 0 Å². The van der Waals surface area contributed by atoms with Crippen LogP contribution in [0, 0.1) is 60.2 Å². The van der Waals surface area contributed by atoms with Gasteiger partial charge in [-0.25, -0.2) is 0 Å². The second-order valence-corrected chi connectivity index (χ2v) is 9.40. The quantitative estimate of drug-likeness (QED) is 0.387. The molecule has 0 amide bonds. The van der Waals surface area contributed by atoms with Crippen LogP contribution in [0.15, 0.2) is 0 Å². The molecular formula is C20H34Zn. The number of rotatable bonds is 0. The Bertz CT molecular complexity index is 330. The van der Waals surface area contributed by atoms with Crippen molar-refractivity contribution in [1.82, 2.24) is 0 Å². The molecule has 0 aromatic rings. The first-order chi connectivity index (χ1) is 9.24. The smallest absolute Gasteiger partial charge is 0.340 e. The zero-order valence-corrected chi connectivity index (χ0v) is 17.8. The summed E-state index contributed by atoms with van der Waals surface area (Å²) in [5, 5.41) is 0. The maximum atomic E-state index is 4.21. The summed E-state index contributed by atoms with van der Waals surface area (Å²) in [7, 11) is 0. The minimum atomic E-state index is 0. The van der Waals surface area contributed by atoms with E-state index >= 15 is 0 Å². The van der Waals surface area contributed by atoms with Crippen LogP contribution in [0.2, 0.25) is 0 Å². The first-order valence-corrected chi connectivity index (χ1v) is 8.90. The molecule has 6 aliphatic carbocycles. The average molecular weight is 340 g/mol. The monoisotopic (exact) mass is 338 g/mol. The fourth-order valence-corrected chi connectivity index (χ4v) is 5.93. The van der Waals surface area contributed by atoms with Gasteiger partial charge < -0.3 is 13.8 Å². The summed E-state index contributed by atoms with van der Waals surface area (Å²) in [6.45, 7) is 18.1. The van der Waals surface area contributed by atoms with Crippen molar-refractivity contribution in [3.05, 3.63) is 13.8 Å². The third kappa shape index (κ3) is 2.79. The summed E-state index contributed by atoms with van der Waals surface area (Å²) in [6, 6.07) is 0. The predicted molar refractivity (Wildman–Crippen MR) is 86.9 cm³/mol. The van der Waals surface area contributed by atoms with Crippen molar-refractivity contribution in [2.45, 2.75) is 66.2 Å². The van der Waals surface area contributed by atoms with Gasteiger partial charge in [-0.1, -0.05) is 65.2 Å². The van der Waals surface area contributed by atoms with Crippen molar-refractivity contribution in [2.24, 2.45) is 46.3 Å². The minimum Gasteiger partial charge on any atom is -0.340 e. The van der Waals surface area contributed by atoms with Gasteiger partial charge in [-0.2, -0.15) is 11.8 Å². The summed E-state index contributed by atoms with van der Waals surface area (Å²) >= 11 is 0. The molecule has 4 bridgehead atoms. The Kier molecular flexibility index (Phi) is 5.07. The van der Waals surface area contributed by atoms with Gasteiger partial charge in [0.05, 0.1) is 0 Å². The number of fused-ring (bicyclic) bond motifs is 4. The molecule has 6 unspecified atom stereocenters. The maximum absolute atomic E-state index is 4.21. The first kappa shape index (κ1) is 18.0. The zero-order chi connectivity index (χ0) is 14.7. The number of hydrogen-bond donors (Lipinski definition) is 0. The molecule has 0 radical (unpaired) electrons. The predicted octanol–water partition coefficient (Wildman–Crippen LogP) is 5.78. The van der Waals surface area contributed by atoms with E-state index < -0.39 is 0 Å². The standard InChI is InChI=1S/2C10H17.Zn/c2*1-7-4-5-8-6-9(7)10(8,2)3;/h2*7-9H,1,4-6H2,2-3H3;/q2*-1;+2. The minimum absolute atomic E-state index is 0. The van der Waals surface area contributed by atoms with Gasteiger partial charge >= 0.3 is 19.5 Å². The van der Waals surface area contributed by atoms with Crippen LogP contribution in [-0.4, -0.2) is 0 Å². The Morgan fingerprint density at radius 2 is 1.00 bits per heavy atom. The SMILES string of the molecule is [CH2-]C1CCC2CC1C2(C)C.[CH2-]C1CCC2CC1C2(C)C.[Zn+2]. The van der Waals surface area contributed by atoms with E-state index in [1.54, 1.807) is 0 Å². The molecule has 116 valence electrons. The molecule has 21 heavy (non-hydrogen) atoms. The molecule has 6 saturated carbocycles. The molecule has 0 aromatic heterocycles. The molecule has 0 aromatic carbocycles. The molecule has 0 saturated heterocycles. The van der Waals surface area contributed by atoms with Crippen LogP contribution in [0.1, 0.15) is 66.2 Å². The summed E-state index contributed by atoms with van der Waals surface area (Å²) in [6.07, 6.45) is 8.61. The van der Waals surface area contributed by atoms with E-state index in [2.05, 4.69) is 41.5 Å². The van der Waals surface area contributed by atoms with Crippen molar-refractivity contribution in [2.75, 3.05) is 0 Å². The third-order valence-corrected chi connectivity index (χ3v) is 8.00. The van der Waals surface area contributed by atoms with Gasteiger partial charge in [0.25, 0.3) is 0 Å². The Morgan fingerprint density at radius 3 is 1.14 bits per heavy atom. The summed E-state index contributed by atoms with van der Waals surface area (Å²) in [4.78, 5) is 0. The van der Waals surface area contributed by atoms with Gasteiger partial charge in [0, 0.05) is 0 Å². The van der Waals surface area contributed by atoms with E-state index in [-0.39, 0.29) is 19.5 Å². The Balaban J connectivity index is 0.000000147. The second-order valence-electron chi connectivity index (χ2n) is 9.40. The molecule has 0 spiro atoms. The van der Waals surface area contributed by atoms with Crippen LogP contribution in [0.5, 0.6) is 0 Å². The molecule has 1 heteroatoms. The van der Waals surface area contributed by atoms with E-state index in [1.807, 2.05) is 0 Å². The van der Waals surface area contributed by atoms with Crippen LogP contribution < -0.4 is 0 Å². The van der Waals surface area contributed by atoms with Crippen LogP contribution in [0.4, 0.5) is 0 Å². The Labute approximate surface area is 146 Å². The molecule has 6 atom stereocenters. The Hall–Kier alpha value is 0.623. The van der Waals surface area contributed by atoms with Gasteiger partial charge in [-0.3, -0.25) is 0 Å². The summed E-state index contributed by atoms with van der Waals surface area (Å²) in [5.74, 6) is 5.50. The Morgan fingerprint density at radius 1 is 0.667 bits per heavy atom. The molecule has 0 heterocycles. The number of hydrogen-bond acceptors (Lipinski definition) is 0. The molecule has 6 rings (SSSR count). The molecule has 0 nitrogen and oxygen atoms in total. The third-order valence-electron chi connectivity index (χ3n) is 8.00. The van der Waals surface area contributed by atoms with Crippen molar-refractivity contribution >= 4 is 0 Å². The zero-order valence-electron chi connectivity index (χ0n) is 14.8. The van der Waals surface area contributed by atoms with Gasteiger partial charge in [0.1, 0.15) is 0 Å². The molecule has 0 aliphatic heterocycles. The van der Waals surface area contributed by atoms with E-state index in [1.165, 1.54) is 38.5 Å². The van der Waals surface area contributed by atoms with Gasteiger partial charge in [-0.15, -0.1) is 0 Å². The summed E-state index contributed by atoms with van der Waals surface area (Å²) in [5.41, 5.74) is 1.29. The van der Waals surface area contributed by atoms with E-state index in [0.717, 1.165) is 35.5 Å². The van der Waals surface area contributed by atoms with Gasteiger partial charge in [0.2, 0.25) is 0 Å². The summed E-state index contributed by atoms with van der Waals surface area (Å²) < 4.78 is 0. The van der Waals surface area contributed by atoms with E-state index in [9.17, 15) is 0 Å². The fourth-order valence-electron chi connectivity index (χ4n) is 5.93. The van der Waals surface area contributed by atoms with Crippen LogP contribution in [-0.2, 0) is 19.5 Å². The van der Waals surface area contributed by atoms with Crippen molar-refractivity contribution in [1.29, 1.82) is 0 Å². The molecule has 6 aliphatic rings. The maximum Gasteiger partial charge on any atom is 2.00 e. The van der Waals surface area contributed by atoms with Crippen molar-refractivity contribution < 1.29 is 19.5 Å². The molecule has 0 N–H and O–H groups in total. The van der Waals surface area contributed by atoms with Crippen LogP contribution in [0.3, 0.4) is 0 Å². The van der Waals surface area contributed by atoms with Gasteiger partial charge in [-0.05, 0) is 35.5 Å². The topological polar surface area (TPSA) is 0 Å². The van der Waals surface area contributed by atoms with Crippen molar-refractivity contribution in [3.63, 3.8) is 0 Å². The van der Waals surface area contributed by atoms with E-state index in [0.29, 0.717) is 10.8 Å². The largest absolute Gasteiger partial charge is 2.00 e. The fraction of sp³-hybridized carbons (Fsp3) is 0.900. The molecular weight excluding hydrogens is 306 g/mol. The van der Waals surface area contributed by atoms with Crippen LogP contribution >= 0.6 is 0 Å². The normalized spacial score (nSPS) is 47.7. The first-order valence-electron chi connectivity index (χ1n) is 8.90. The molecule has 6 fully saturated rings. The average Bonchev–Trinajstić information content (AvgIpc) is 2.38. The van der Waals surface area contributed by atoms with E-state index in [4.69, 9.17) is 0 Å². The van der Waals surface area contributed by atoms with Crippen molar-refractivity contribution in [3.8, 4) is 0 Å². The second kappa shape index (κ2) is 5.92.